The number of carbonyl (C=O) groups is 1. The van der Waals surface area contributed by atoms with Gasteiger partial charge in [0.25, 0.3) is 5.91 Å². The lowest BCUT2D eigenvalue weighted by Crippen LogP contribution is -2.26. The van der Waals surface area contributed by atoms with Crippen molar-refractivity contribution < 1.29 is 4.79 Å². The number of amides is 1. The third kappa shape index (κ3) is 2.08. The zero-order valence-electron chi connectivity index (χ0n) is 10.2. The zero-order chi connectivity index (χ0) is 12.5. The molecule has 1 fully saturated rings. The number of hydrogen-bond acceptors (Lipinski definition) is 2. The molecule has 0 aromatic carbocycles. The molecule has 0 atom stereocenters. The molecule has 3 nitrogen and oxygen atoms in total. The van der Waals surface area contributed by atoms with E-state index in [2.05, 4.69) is 27.9 Å². The number of rotatable bonds is 5. The van der Waals surface area contributed by atoms with Crippen LogP contribution < -0.4 is 5.32 Å². The van der Waals surface area contributed by atoms with Gasteiger partial charge in [-0.05, 0) is 36.3 Å². The molecule has 0 spiro atoms. The number of nitrogens with zero attached hydrogens (tertiary/aromatic N) is 1. The summed E-state index contributed by atoms with van der Waals surface area (Å²) in [6.07, 6.45) is 4.28. The van der Waals surface area contributed by atoms with E-state index in [0.29, 0.717) is 6.54 Å². The standard InChI is InChI=1S/C14H16N2OS/c1-2-6-15-14(17)12-8-13-11(5-7-18-13)16(12)9-10-3-4-10/h2,5,7-8,10H,1,3-4,6,9H2,(H,15,17). The lowest BCUT2D eigenvalue weighted by molar-refractivity contribution is 0.0949. The van der Waals surface area contributed by atoms with Crippen molar-refractivity contribution in [3.05, 3.63) is 35.9 Å². The first-order valence-electron chi connectivity index (χ1n) is 6.25. The van der Waals surface area contributed by atoms with Crippen LogP contribution in [0.3, 0.4) is 0 Å². The second-order valence-corrected chi connectivity index (χ2v) is 5.70. The SMILES string of the molecule is C=CCNC(=O)c1cc2sccc2n1CC1CC1. The first kappa shape index (κ1) is 11.5. The minimum atomic E-state index is -0.000972. The smallest absolute Gasteiger partial charge is 0.268 e. The highest BCUT2D eigenvalue weighted by Gasteiger charge is 2.25. The van der Waals surface area contributed by atoms with Crippen LogP contribution in [-0.4, -0.2) is 17.0 Å². The van der Waals surface area contributed by atoms with Crippen LogP contribution in [0.15, 0.2) is 30.2 Å². The Morgan fingerprint density at radius 3 is 3.17 bits per heavy atom. The van der Waals surface area contributed by atoms with E-state index in [4.69, 9.17) is 0 Å². The van der Waals surface area contributed by atoms with Gasteiger partial charge in [0.1, 0.15) is 5.69 Å². The first-order valence-corrected chi connectivity index (χ1v) is 7.13. The minimum absolute atomic E-state index is 0.000972. The van der Waals surface area contributed by atoms with E-state index in [1.54, 1.807) is 17.4 Å². The van der Waals surface area contributed by atoms with Gasteiger partial charge in [0.05, 0.1) is 10.2 Å². The maximum atomic E-state index is 12.1. The topological polar surface area (TPSA) is 34.0 Å². The molecule has 94 valence electrons. The lowest BCUT2D eigenvalue weighted by Gasteiger charge is -2.09. The molecular formula is C14H16N2OS. The summed E-state index contributed by atoms with van der Waals surface area (Å²) in [5, 5.41) is 4.94. The summed E-state index contributed by atoms with van der Waals surface area (Å²) in [5.41, 5.74) is 1.97. The van der Waals surface area contributed by atoms with E-state index in [9.17, 15) is 4.79 Å². The molecule has 0 bridgehead atoms. The van der Waals surface area contributed by atoms with Crippen LogP contribution in [0.25, 0.3) is 10.2 Å². The van der Waals surface area contributed by atoms with Crippen molar-refractivity contribution in [2.75, 3.05) is 6.54 Å². The summed E-state index contributed by atoms with van der Waals surface area (Å²) < 4.78 is 3.36. The van der Waals surface area contributed by atoms with Crippen molar-refractivity contribution in [1.29, 1.82) is 0 Å². The Bertz CT molecular complexity index is 592. The van der Waals surface area contributed by atoms with Crippen molar-refractivity contribution >= 4 is 27.5 Å². The highest BCUT2D eigenvalue weighted by atomic mass is 32.1. The lowest BCUT2D eigenvalue weighted by atomic mass is 10.3. The van der Waals surface area contributed by atoms with Crippen LogP contribution in [0.4, 0.5) is 0 Å². The summed E-state index contributed by atoms with van der Waals surface area (Å²) in [4.78, 5) is 12.1. The summed E-state index contributed by atoms with van der Waals surface area (Å²) in [6.45, 7) is 5.10. The second kappa shape index (κ2) is 4.61. The quantitative estimate of drug-likeness (QED) is 0.824. The molecule has 2 aromatic rings. The van der Waals surface area contributed by atoms with E-state index in [-0.39, 0.29) is 5.91 Å². The number of thiophene rings is 1. The molecule has 1 aliphatic carbocycles. The van der Waals surface area contributed by atoms with Gasteiger partial charge in [-0.15, -0.1) is 17.9 Å². The highest BCUT2D eigenvalue weighted by molar-refractivity contribution is 7.17. The van der Waals surface area contributed by atoms with Gasteiger partial charge >= 0.3 is 0 Å². The zero-order valence-corrected chi connectivity index (χ0v) is 11.0. The van der Waals surface area contributed by atoms with Gasteiger partial charge < -0.3 is 9.88 Å². The Labute approximate surface area is 110 Å². The van der Waals surface area contributed by atoms with Gasteiger partial charge in [0.2, 0.25) is 0 Å². The maximum absolute atomic E-state index is 12.1. The Morgan fingerprint density at radius 1 is 1.61 bits per heavy atom. The van der Waals surface area contributed by atoms with Crippen LogP contribution >= 0.6 is 11.3 Å². The van der Waals surface area contributed by atoms with Crippen molar-refractivity contribution in [3.8, 4) is 0 Å². The molecule has 2 heterocycles. The van der Waals surface area contributed by atoms with Crippen LogP contribution in [0, 0.1) is 5.92 Å². The molecule has 4 heteroatoms. The Morgan fingerprint density at radius 2 is 2.44 bits per heavy atom. The van der Waals surface area contributed by atoms with Crippen LogP contribution in [0.1, 0.15) is 23.3 Å². The molecule has 0 saturated heterocycles. The number of aromatic nitrogens is 1. The molecule has 1 amide bonds. The fourth-order valence-electron chi connectivity index (χ4n) is 2.18. The predicted molar refractivity (Wildman–Crippen MR) is 75.1 cm³/mol. The minimum Gasteiger partial charge on any atom is -0.347 e. The van der Waals surface area contributed by atoms with E-state index in [0.717, 1.165) is 18.2 Å². The summed E-state index contributed by atoms with van der Waals surface area (Å²) in [6, 6.07) is 4.10. The van der Waals surface area contributed by atoms with Crippen LogP contribution in [-0.2, 0) is 6.54 Å². The first-order chi connectivity index (χ1) is 8.79. The Hall–Kier alpha value is -1.55. The van der Waals surface area contributed by atoms with Gasteiger partial charge in [-0.2, -0.15) is 0 Å². The van der Waals surface area contributed by atoms with Gasteiger partial charge in [0.15, 0.2) is 0 Å². The molecule has 2 aromatic heterocycles. The second-order valence-electron chi connectivity index (χ2n) is 4.75. The van der Waals surface area contributed by atoms with E-state index in [1.165, 1.54) is 23.1 Å². The molecular weight excluding hydrogens is 244 g/mol. The Balaban J connectivity index is 1.95. The predicted octanol–water partition coefficient (Wildman–Crippen LogP) is 3.03. The van der Waals surface area contributed by atoms with Crippen LogP contribution in [0.2, 0.25) is 0 Å². The highest BCUT2D eigenvalue weighted by Crippen LogP contribution is 2.34. The average Bonchev–Trinajstić information content (AvgIpc) is 2.95. The Kier molecular flexibility index (Phi) is 2.96. The normalized spacial score (nSPS) is 14.9. The molecule has 1 N–H and O–H groups in total. The van der Waals surface area contributed by atoms with E-state index >= 15 is 0 Å². The maximum Gasteiger partial charge on any atom is 0.268 e. The molecule has 0 aliphatic heterocycles. The third-order valence-corrected chi connectivity index (χ3v) is 4.15. The number of nitrogens with one attached hydrogen (secondary N) is 1. The van der Waals surface area contributed by atoms with Crippen molar-refractivity contribution in [3.63, 3.8) is 0 Å². The third-order valence-electron chi connectivity index (χ3n) is 3.30. The molecule has 0 radical (unpaired) electrons. The van der Waals surface area contributed by atoms with E-state index < -0.39 is 0 Å². The molecule has 3 rings (SSSR count). The number of carbonyl (C=O) groups excluding carboxylic acids is 1. The van der Waals surface area contributed by atoms with Gasteiger partial charge in [0, 0.05) is 13.1 Å². The van der Waals surface area contributed by atoms with Crippen molar-refractivity contribution in [1.82, 2.24) is 9.88 Å². The number of fused-ring (bicyclic) bond motifs is 1. The summed E-state index contributed by atoms with van der Waals surface area (Å²) >= 11 is 1.69. The fraction of sp³-hybridized carbons (Fsp3) is 0.357. The fourth-order valence-corrected chi connectivity index (χ4v) is 3.00. The molecule has 1 saturated carbocycles. The molecule has 0 unspecified atom stereocenters. The largest absolute Gasteiger partial charge is 0.347 e. The summed E-state index contributed by atoms with van der Waals surface area (Å²) in [7, 11) is 0. The van der Waals surface area contributed by atoms with Gasteiger partial charge in [-0.25, -0.2) is 0 Å². The monoisotopic (exact) mass is 260 g/mol. The average molecular weight is 260 g/mol. The van der Waals surface area contributed by atoms with E-state index in [1.807, 2.05) is 6.07 Å². The molecule has 18 heavy (non-hydrogen) atoms. The van der Waals surface area contributed by atoms with Gasteiger partial charge in [-0.3, -0.25) is 4.79 Å². The molecule has 1 aliphatic rings. The van der Waals surface area contributed by atoms with Gasteiger partial charge in [-0.1, -0.05) is 6.08 Å². The summed E-state index contributed by atoms with van der Waals surface area (Å²) in [5.74, 6) is 0.755. The number of hydrogen-bond donors (Lipinski definition) is 1. The van der Waals surface area contributed by atoms with Crippen LogP contribution in [0.5, 0.6) is 0 Å². The van der Waals surface area contributed by atoms with Crippen molar-refractivity contribution in [2.24, 2.45) is 5.92 Å². The van der Waals surface area contributed by atoms with Crippen molar-refractivity contribution in [2.45, 2.75) is 19.4 Å².